The lowest BCUT2D eigenvalue weighted by Crippen LogP contribution is -2.13. The Hall–Kier alpha value is -3.13. The molecule has 0 spiro atoms. The third kappa shape index (κ3) is 3.44. The number of hydrogen-bond donors (Lipinski definition) is 2. The monoisotopic (exact) mass is 327 g/mol. The van der Waals surface area contributed by atoms with E-state index in [0.717, 1.165) is 5.56 Å². The number of nitrogens with one attached hydrogen (secondary N) is 1. The van der Waals surface area contributed by atoms with Gasteiger partial charge in [-0.25, -0.2) is 9.37 Å². The van der Waals surface area contributed by atoms with Crippen molar-refractivity contribution in [2.24, 2.45) is 5.73 Å². The molecule has 0 bridgehead atoms. The topological polar surface area (TPSA) is 111 Å². The molecule has 1 heterocycles. The van der Waals surface area contributed by atoms with Crippen molar-refractivity contribution in [3.05, 3.63) is 87.2 Å². The molecule has 7 nitrogen and oxygen atoms in total. The lowest BCUT2D eigenvalue weighted by Gasteiger charge is -2.07. The fourth-order valence-electron chi connectivity index (χ4n) is 2.28. The van der Waals surface area contributed by atoms with E-state index in [-0.39, 0.29) is 11.5 Å². The Kier molecular flexibility index (Phi) is 4.30. The number of aromatic nitrogens is 3. The van der Waals surface area contributed by atoms with Gasteiger partial charge in [0.1, 0.15) is 11.6 Å². The zero-order chi connectivity index (χ0) is 17.1. The van der Waals surface area contributed by atoms with Gasteiger partial charge in [0.05, 0.1) is 11.0 Å². The fraction of sp³-hybridized carbons (Fsp3) is 0.125. The summed E-state index contributed by atoms with van der Waals surface area (Å²) in [7, 11) is 0. The van der Waals surface area contributed by atoms with Gasteiger partial charge in [-0.2, -0.15) is 5.10 Å². The van der Waals surface area contributed by atoms with Crippen molar-refractivity contribution in [2.75, 3.05) is 0 Å². The van der Waals surface area contributed by atoms with Crippen LogP contribution in [0.3, 0.4) is 0 Å². The summed E-state index contributed by atoms with van der Waals surface area (Å²) in [5, 5.41) is 17.5. The maximum Gasteiger partial charge on any atom is 0.269 e. The first kappa shape index (κ1) is 15.8. The molecule has 0 fully saturated rings. The number of nitrogens with two attached hydrogens (primary N) is 1. The van der Waals surface area contributed by atoms with Crippen LogP contribution in [0.2, 0.25) is 0 Å². The quantitative estimate of drug-likeness (QED) is 0.552. The van der Waals surface area contributed by atoms with Gasteiger partial charge in [-0.3, -0.25) is 15.2 Å². The molecule has 0 saturated carbocycles. The first-order valence-electron chi connectivity index (χ1n) is 7.18. The van der Waals surface area contributed by atoms with Gasteiger partial charge < -0.3 is 5.73 Å². The molecule has 24 heavy (non-hydrogen) atoms. The average molecular weight is 327 g/mol. The molecule has 3 N–H and O–H groups in total. The number of hydrogen-bond acceptors (Lipinski definition) is 5. The van der Waals surface area contributed by atoms with Gasteiger partial charge in [0.15, 0.2) is 5.82 Å². The van der Waals surface area contributed by atoms with Crippen LogP contribution in [-0.2, 0) is 6.42 Å². The highest BCUT2D eigenvalue weighted by Crippen LogP contribution is 2.18. The summed E-state index contributed by atoms with van der Waals surface area (Å²) in [6, 6.07) is 11.5. The van der Waals surface area contributed by atoms with Crippen LogP contribution in [0.5, 0.6) is 0 Å². The fourth-order valence-corrected chi connectivity index (χ4v) is 2.28. The van der Waals surface area contributed by atoms with Crippen molar-refractivity contribution in [3.8, 4) is 0 Å². The zero-order valence-electron chi connectivity index (χ0n) is 12.5. The smallest absolute Gasteiger partial charge is 0.269 e. The van der Waals surface area contributed by atoms with Crippen molar-refractivity contribution in [2.45, 2.75) is 12.5 Å². The van der Waals surface area contributed by atoms with Crippen molar-refractivity contribution in [3.63, 3.8) is 0 Å². The molecule has 0 aliphatic carbocycles. The van der Waals surface area contributed by atoms with Gasteiger partial charge >= 0.3 is 0 Å². The summed E-state index contributed by atoms with van der Waals surface area (Å²) in [6.07, 6.45) is 0.446. The van der Waals surface area contributed by atoms with E-state index in [1.807, 2.05) is 0 Å². The number of H-pyrrole nitrogens is 1. The summed E-state index contributed by atoms with van der Waals surface area (Å²) < 4.78 is 13.0. The van der Waals surface area contributed by atoms with Crippen LogP contribution in [0.15, 0.2) is 48.5 Å². The molecule has 2 aromatic carbocycles. The van der Waals surface area contributed by atoms with Crippen LogP contribution in [0, 0.1) is 15.9 Å². The van der Waals surface area contributed by atoms with Gasteiger partial charge in [0.25, 0.3) is 5.69 Å². The molecule has 0 amide bonds. The Balaban J connectivity index is 1.73. The van der Waals surface area contributed by atoms with Crippen LogP contribution in [-0.4, -0.2) is 20.1 Å². The van der Waals surface area contributed by atoms with Crippen LogP contribution < -0.4 is 5.73 Å². The summed E-state index contributed by atoms with van der Waals surface area (Å²) in [5.41, 5.74) is 7.69. The molecule has 0 saturated heterocycles. The van der Waals surface area contributed by atoms with Gasteiger partial charge in [-0.1, -0.05) is 24.3 Å². The van der Waals surface area contributed by atoms with Crippen LogP contribution in [0.25, 0.3) is 0 Å². The molecule has 0 aliphatic rings. The van der Waals surface area contributed by atoms with Crippen LogP contribution in [0.4, 0.5) is 10.1 Å². The molecule has 0 aliphatic heterocycles. The van der Waals surface area contributed by atoms with Gasteiger partial charge in [0, 0.05) is 18.6 Å². The first-order chi connectivity index (χ1) is 11.5. The average Bonchev–Trinajstić information content (AvgIpc) is 3.04. The number of nitro benzene ring substituents is 1. The minimum absolute atomic E-state index is 0.0374. The lowest BCUT2D eigenvalue weighted by atomic mass is 10.1. The zero-order valence-corrected chi connectivity index (χ0v) is 12.5. The van der Waals surface area contributed by atoms with E-state index < -0.39 is 11.0 Å². The first-order valence-corrected chi connectivity index (χ1v) is 7.18. The number of non-ortho nitro benzene ring substituents is 1. The molecule has 8 heteroatoms. The Morgan fingerprint density at radius 1 is 1.17 bits per heavy atom. The highest BCUT2D eigenvalue weighted by molar-refractivity contribution is 5.34. The highest BCUT2D eigenvalue weighted by Gasteiger charge is 2.15. The number of halogens is 1. The van der Waals surface area contributed by atoms with Crippen molar-refractivity contribution in [1.29, 1.82) is 0 Å². The normalized spacial score (nSPS) is 12.1. The van der Waals surface area contributed by atoms with E-state index in [1.54, 1.807) is 24.3 Å². The third-order valence-corrected chi connectivity index (χ3v) is 3.58. The number of benzene rings is 2. The second kappa shape index (κ2) is 6.55. The van der Waals surface area contributed by atoms with Gasteiger partial charge in [-0.15, -0.1) is 0 Å². The van der Waals surface area contributed by atoms with E-state index in [1.165, 1.54) is 24.3 Å². The molecular formula is C16H14FN5O2. The Morgan fingerprint density at radius 2 is 1.83 bits per heavy atom. The molecule has 0 radical (unpaired) electrons. The number of nitrogens with zero attached hydrogens (tertiary/aromatic N) is 3. The summed E-state index contributed by atoms with van der Waals surface area (Å²) in [6.45, 7) is 0. The summed E-state index contributed by atoms with van der Waals surface area (Å²) >= 11 is 0. The maximum absolute atomic E-state index is 13.0. The lowest BCUT2D eigenvalue weighted by molar-refractivity contribution is -0.384. The minimum atomic E-state index is -0.563. The standard InChI is InChI=1S/C16H14FN5O2/c17-12-5-3-11(4-6-12)15(18)16-19-14(20-21-16)9-10-1-7-13(8-2-10)22(23)24/h1-8,15H,9,18H2,(H,19,20,21). The van der Waals surface area contributed by atoms with E-state index in [4.69, 9.17) is 5.73 Å². The summed E-state index contributed by atoms with van der Waals surface area (Å²) in [4.78, 5) is 14.5. The minimum Gasteiger partial charge on any atom is -0.318 e. The van der Waals surface area contributed by atoms with Crippen molar-refractivity contribution in [1.82, 2.24) is 15.2 Å². The van der Waals surface area contributed by atoms with Gasteiger partial charge in [-0.05, 0) is 23.3 Å². The van der Waals surface area contributed by atoms with E-state index >= 15 is 0 Å². The van der Waals surface area contributed by atoms with Crippen molar-refractivity contribution < 1.29 is 9.31 Å². The predicted octanol–water partition coefficient (Wildman–Crippen LogP) is 2.49. The highest BCUT2D eigenvalue weighted by atomic mass is 19.1. The molecule has 1 atom stereocenters. The second-order valence-electron chi connectivity index (χ2n) is 5.27. The van der Waals surface area contributed by atoms with Crippen LogP contribution >= 0.6 is 0 Å². The molecule has 122 valence electrons. The molecule has 1 unspecified atom stereocenters. The van der Waals surface area contributed by atoms with E-state index in [0.29, 0.717) is 23.6 Å². The SMILES string of the molecule is NC(c1ccc(F)cc1)c1n[nH]c(Cc2ccc([N+](=O)[O-])cc2)n1. The number of aromatic amines is 1. The number of nitro groups is 1. The Morgan fingerprint density at radius 3 is 2.46 bits per heavy atom. The van der Waals surface area contributed by atoms with E-state index in [9.17, 15) is 14.5 Å². The second-order valence-corrected chi connectivity index (χ2v) is 5.27. The molecule has 3 rings (SSSR count). The largest absolute Gasteiger partial charge is 0.318 e. The van der Waals surface area contributed by atoms with Crippen LogP contribution in [0.1, 0.15) is 28.8 Å². The third-order valence-electron chi connectivity index (χ3n) is 3.58. The molecule has 3 aromatic rings. The predicted molar refractivity (Wildman–Crippen MR) is 84.7 cm³/mol. The maximum atomic E-state index is 13.0. The molecule has 1 aromatic heterocycles. The van der Waals surface area contributed by atoms with Crippen molar-refractivity contribution >= 4 is 5.69 Å². The molecular weight excluding hydrogens is 313 g/mol. The Bertz CT molecular complexity index is 846. The van der Waals surface area contributed by atoms with E-state index in [2.05, 4.69) is 15.2 Å². The summed E-state index contributed by atoms with van der Waals surface area (Å²) in [5.74, 6) is 0.662. The Labute approximate surface area is 136 Å². The number of rotatable bonds is 5. The van der Waals surface area contributed by atoms with Gasteiger partial charge in [0.2, 0.25) is 0 Å².